The van der Waals surface area contributed by atoms with E-state index in [2.05, 4.69) is 17.1 Å². The number of nitrogens with two attached hydrogens (primary N) is 1. The molecule has 0 spiro atoms. The molecule has 0 saturated heterocycles. The monoisotopic (exact) mass is 230 g/mol. The third kappa shape index (κ3) is 1.75. The van der Waals surface area contributed by atoms with Gasteiger partial charge in [-0.2, -0.15) is 0 Å². The molecule has 4 nitrogen and oxygen atoms in total. The number of rotatable bonds is 2. The van der Waals surface area contributed by atoms with Crippen LogP contribution >= 0.6 is 0 Å². The highest BCUT2D eigenvalue weighted by Crippen LogP contribution is 2.33. The lowest BCUT2D eigenvalue weighted by molar-refractivity contribution is 0.0486. The van der Waals surface area contributed by atoms with Crippen molar-refractivity contribution in [3.05, 3.63) is 42.0 Å². The van der Waals surface area contributed by atoms with Gasteiger partial charge in [0.15, 0.2) is 6.39 Å². The first kappa shape index (κ1) is 10.5. The first-order chi connectivity index (χ1) is 8.40. The topological polar surface area (TPSA) is 61.3 Å². The zero-order valence-corrected chi connectivity index (χ0v) is 9.43. The summed E-state index contributed by atoms with van der Waals surface area (Å²) in [6.45, 7) is 1.22. The van der Waals surface area contributed by atoms with E-state index in [1.165, 1.54) is 17.5 Å². The van der Waals surface area contributed by atoms with Gasteiger partial charge in [0.05, 0.1) is 12.7 Å². The standard InChI is InChI=1S/C13H14N2O2/c14-6-13-11-3-1-2-10(9(11)4-5-17-13)12-7-16-8-15-12/h1-3,7-8,13H,4-6,14H2. The minimum Gasteiger partial charge on any atom is -0.451 e. The minimum absolute atomic E-state index is 0.00519. The van der Waals surface area contributed by atoms with Gasteiger partial charge in [0.2, 0.25) is 0 Å². The maximum Gasteiger partial charge on any atom is 0.181 e. The number of fused-ring (bicyclic) bond motifs is 1. The summed E-state index contributed by atoms with van der Waals surface area (Å²) in [5, 5.41) is 0. The van der Waals surface area contributed by atoms with Gasteiger partial charge >= 0.3 is 0 Å². The summed E-state index contributed by atoms with van der Waals surface area (Å²) in [5.74, 6) is 0. The van der Waals surface area contributed by atoms with Gasteiger partial charge in [-0.15, -0.1) is 0 Å². The molecule has 0 saturated carbocycles. The smallest absolute Gasteiger partial charge is 0.181 e. The van der Waals surface area contributed by atoms with E-state index in [1.807, 2.05) is 6.07 Å². The maximum absolute atomic E-state index is 5.73. The Morgan fingerprint density at radius 2 is 2.35 bits per heavy atom. The van der Waals surface area contributed by atoms with Crippen molar-refractivity contribution in [1.29, 1.82) is 0 Å². The molecule has 0 aliphatic carbocycles. The minimum atomic E-state index is 0.00519. The Hall–Kier alpha value is -1.65. The zero-order chi connectivity index (χ0) is 11.7. The Bertz CT molecular complexity index is 508. The van der Waals surface area contributed by atoms with Crippen LogP contribution in [-0.2, 0) is 11.2 Å². The third-order valence-corrected chi connectivity index (χ3v) is 3.15. The average Bonchev–Trinajstić information content (AvgIpc) is 2.91. The van der Waals surface area contributed by atoms with Gasteiger partial charge in [0.1, 0.15) is 12.0 Å². The first-order valence-corrected chi connectivity index (χ1v) is 5.72. The molecule has 1 aromatic heterocycles. The van der Waals surface area contributed by atoms with Crippen molar-refractivity contribution < 1.29 is 9.15 Å². The van der Waals surface area contributed by atoms with Crippen LogP contribution in [0.15, 0.2) is 35.3 Å². The molecule has 0 amide bonds. The normalized spacial score (nSPS) is 19.0. The van der Waals surface area contributed by atoms with E-state index in [9.17, 15) is 0 Å². The van der Waals surface area contributed by atoms with Crippen LogP contribution in [0.4, 0.5) is 0 Å². The first-order valence-electron chi connectivity index (χ1n) is 5.72. The highest BCUT2D eigenvalue weighted by molar-refractivity contribution is 5.65. The summed E-state index contributed by atoms with van der Waals surface area (Å²) < 4.78 is 10.7. The van der Waals surface area contributed by atoms with Crippen molar-refractivity contribution in [3.63, 3.8) is 0 Å². The van der Waals surface area contributed by atoms with Crippen LogP contribution in [-0.4, -0.2) is 18.1 Å². The highest BCUT2D eigenvalue weighted by atomic mass is 16.5. The van der Waals surface area contributed by atoms with Gasteiger partial charge in [-0.3, -0.25) is 0 Å². The quantitative estimate of drug-likeness (QED) is 0.856. The predicted octanol–water partition coefficient (Wildman–Crippen LogP) is 1.91. The van der Waals surface area contributed by atoms with E-state index in [0.717, 1.165) is 17.7 Å². The summed E-state index contributed by atoms with van der Waals surface area (Å²) >= 11 is 0. The van der Waals surface area contributed by atoms with E-state index >= 15 is 0 Å². The van der Waals surface area contributed by atoms with E-state index in [1.54, 1.807) is 6.26 Å². The van der Waals surface area contributed by atoms with Gasteiger partial charge in [0.25, 0.3) is 0 Å². The molecule has 4 heteroatoms. The molecule has 2 aromatic rings. The van der Waals surface area contributed by atoms with Crippen LogP contribution in [0.1, 0.15) is 17.2 Å². The fourth-order valence-corrected chi connectivity index (χ4v) is 2.36. The molecule has 1 aliphatic rings. The molecule has 1 unspecified atom stereocenters. The summed E-state index contributed by atoms with van der Waals surface area (Å²) in [7, 11) is 0. The van der Waals surface area contributed by atoms with Crippen molar-refractivity contribution in [2.45, 2.75) is 12.5 Å². The van der Waals surface area contributed by atoms with Crippen molar-refractivity contribution in [2.75, 3.05) is 13.2 Å². The Balaban J connectivity index is 2.12. The van der Waals surface area contributed by atoms with Crippen LogP contribution in [0.25, 0.3) is 11.3 Å². The Morgan fingerprint density at radius 3 is 3.12 bits per heavy atom. The summed E-state index contributed by atoms with van der Waals surface area (Å²) in [6.07, 6.45) is 4.02. The molecule has 0 bridgehead atoms. The van der Waals surface area contributed by atoms with Crippen molar-refractivity contribution in [2.24, 2.45) is 5.73 Å². The lowest BCUT2D eigenvalue weighted by Gasteiger charge is -2.26. The van der Waals surface area contributed by atoms with Crippen LogP contribution in [0, 0.1) is 0 Å². The summed E-state index contributed by atoms with van der Waals surface area (Å²) in [5.41, 5.74) is 10.2. The molecule has 0 fully saturated rings. The average molecular weight is 230 g/mol. The molecule has 2 heterocycles. The fourth-order valence-electron chi connectivity index (χ4n) is 2.36. The second-order valence-electron chi connectivity index (χ2n) is 4.09. The second-order valence-corrected chi connectivity index (χ2v) is 4.09. The molecular formula is C13H14N2O2. The lowest BCUT2D eigenvalue weighted by atomic mass is 9.92. The molecule has 1 aliphatic heterocycles. The molecule has 2 N–H and O–H groups in total. The van der Waals surface area contributed by atoms with Gasteiger partial charge in [-0.05, 0) is 17.5 Å². The lowest BCUT2D eigenvalue weighted by Crippen LogP contribution is -2.23. The molecule has 1 aromatic carbocycles. The largest absolute Gasteiger partial charge is 0.451 e. The fraction of sp³-hybridized carbons (Fsp3) is 0.308. The number of nitrogens with zero attached hydrogens (tertiary/aromatic N) is 1. The Kier molecular flexibility index (Phi) is 2.66. The number of hydrogen-bond donors (Lipinski definition) is 1. The summed E-state index contributed by atoms with van der Waals surface area (Å²) in [6, 6.07) is 6.16. The van der Waals surface area contributed by atoms with Gasteiger partial charge in [0, 0.05) is 12.1 Å². The molecule has 17 heavy (non-hydrogen) atoms. The number of benzene rings is 1. The van der Waals surface area contributed by atoms with Crippen molar-refractivity contribution >= 4 is 0 Å². The maximum atomic E-state index is 5.73. The van der Waals surface area contributed by atoms with E-state index in [4.69, 9.17) is 14.9 Å². The second kappa shape index (κ2) is 4.31. The van der Waals surface area contributed by atoms with Gasteiger partial charge in [-0.1, -0.05) is 18.2 Å². The SMILES string of the molecule is NCC1OCCc2c(-c3cocn3)cccc21. The molecule has 3 rings (SSSR count). The third-order valence-electron chi connectivity index (χ3n) is 3.15. The summed E-state index contributed by atoms with van der Waals surface area (Å²) in [4.78, 5) is 4.21. The molecular weight excluding hydrogens is 216 g/mol. The number of oxazole rings is 1. The van der Waals surface area contributed by atoms with Gasteiger partial charge < -0.3 is 14.9 Å². The van der Waals surface area contributed by atoms with E-state index in [-0.39, 0.29) is 6.10 Å². The number of hydrogen-bond acceptors (Lipinski definition) is 4. The van der Waals surface area contributed by atoms with Crippen LogP contribution < -0.4 is 5.73 Å². The van der Waals surface area contributed by atoms with E-state index < -0.39 is 0 Å². The number of ether oxygens (including phenoxy) is 1. The zero-order valence-electron chi connectivity index (χ0n) is 9.43. The Labute approximate surface area is 99.4 Å². The van der Waals surface area contributed by atoms with Gasteiger partial charge in [-0.25, -0.2) is 4.98 Å². The Morgan fingerprint density at radius 1 is 1.41 bits per heavy atom. The van der Waals surface area contributed by atoms with Crippen molar-refractivity contribution in [1.82, 2.24) is 4.98 Å². The molecule has 0 radical (unpaired) electrons. The molecule has 88 valence electrons. The van der Waals surface area contributed by atoms with Crippen LogP contribution in [0.3, 0.4) is 0 Å². The molecule has 1 atom stereocenters. The van der Waals surface area contributed by atoms with Crippen LogP contribution in [0.2, 0.25) is 0 Å². The predicted molar refractivity (Wildman–Crippen MR) is 63.4 cm³/mol. The van der Waals surface area contributed by atoms with E-state index in [0.29, 0.717) is 13.2 Å². The van der Waals surface area contributed by atoms with Crippen LogP contribution in [0.5, 0.6) is 0 Å². The van der Waals surface area contributed by atoms with Crippen molar-refractivity contribution in [3.8, 4) is 11.3 Å². The highest BCUT2D eigenvalue weighted by Gasteiger charge is 2.22. The number of aromatic nitrogens is 1.